The molecule has 6 heteroatoms. The topological polar surface area (TPSA) is 83.8 Å². The van der Waals surface area contributed by atoms with Gasteiger partial charge in [-0.05, 0) is 42.7 Å². The van der Waals surface area contributed by atoms with Crippen LogP contribution in [-0.4, -0.2) is 18.1 Å². The van der Waals surface area contributed by atoms with Gasteiger partial charge in [-0.2, -0.15) is 8.42 Å². The van der Waals surface area contributed by atoms with Gasteiger partial charge in [0.25, 0.3) is 10.1 Å². The molecule has 0 saturated heterocycles. The molecule has 148 valence electrons. The highest BCUT2D eigenvalue weighted by molar-refractivity contribution is 7.86. The fourth-order valence-electron chi connectivity index (χ4n) is 2.96. The van der Waals surface area contributed by atoms with Crippen LogP contribution in [0.25, 0.3) is 0 Å². The van der Waals surface area contributed by atoms with E-state index in [0.29, 0.717) is 17.7 Å². The van der Waals surface area contributed by atoms with Crippen molar-refractivity contribution in [3.63, 3.8) is 0 Å². The molecule has 0 radical (unpaired) electrons. The number of hydrogen-bond donors (Lipinski definition) is 2. The summed E-state index contributed by atoms with van der Waals surface area (Å²) in [5.41, 5.74) is 0.708. The molecule has 0 amide bonds. The standard InChI is InChI=1S/C21H28O5S/c1-2-3-4-5-6-7-9-12-17-15-19(26-18-13-10-8-11-14-18)21(22)20(16-17)27(23,24)25/h8,10-11,13-16,22H,2-7,9,12H2,1H3,(H,23,24,25). The normalized spacial score (nSPS) is 11.5. The molecule has 2 aromatic rings. The van der Waals surface area contributed by atoms with Crippen molar-refractivity contribution in [3.8, 4) is 17.2 Å². The first kappa shape index (κ1) is 21.3. The summed E-state index contributed by atoms with van der Waals surface area (Å²) in [6, 6.07) is 11.7. The zero-order valence-corrected chi connectivity index (χ0v) is 16.5. The Morgan fingerprint density at radius 2 is 1.56 bits per heavy atom. The lowest BCUT2D eigenvalue weighted by Crippen LogP contribution is -2.02. The maximum Gasteiger partial charge on any atom is 0.298 e. The Balaban J connectivity index is 2.11. The van der Waals surface area contributed by atoms with E-state index in [4.69, 9.17) is 4.74 Å². The third-order valence-corrected chi connectivity index (χ3v) is 5.28. The molecule has 2 aromatic carbocycles. The Labute approximate surface area is 161 Å². The number of phenolic OH excluding ortho intramolecular Hbond substituents is 1. The van der Waals surface area contributed by atoms with E-state index in [2.05, 4.69) is 6.92 Å². The van der Waals surface area contributed by atoms with E-state index in [1.807, 2.05) is 6.07 Å². The van der Waals surface area contributed by atoms with E-state index in [1.165, 1.54) is 31.7 Å². The van der Waals surface area contributed by atoms with E-state index in [-0.39, 0.29) is 5.75 Å². The maximum atomic E-state index is 11.6. The molecular formula is C21H28O5S. The number of phenols is 1. The van der Waals surface area contributed by atoms with E-state index in [1.54, 1.807) is 30.3 Å². The summed E-state index contributed by atoms with van der Waals surface area (Å²) in [6.07, 6.45) is 8.71. The summed E-state index contributed by atoms with van der Waals surface area (Å²) >= 11 is 0. The molecule has 27 heavy (non-hydrogen) atoms. The van der Waals surface area contributed by atoms with Crippen LogP contribution in [0.2, 0.25) is 0 Å². The highest BCUT2D eigenvalue weighted by atomic mass is 32.2. The molecule has 0 aliphatic rings. The van der Waals surface area contributed by atoms with Gasteiger partial charge >= 0.3 is 0 Å². The van der Waals surface area contributed by atoms with Crippen LogP contribution in [-0.2, 0) is 16.5 Å². The Bertz CT molecular complexity index is 816. The summed E-state index contributed by atoms with van der Waals surface area (Å²) in [4.78, 5) is -0.520. The lowest BCUT2D eigenvalue weighted by molar-refractivity contribution is 0.395. The molecule has 0 fully saturated rings. The van der Waals surface area contributed by atoms with Gasteiger partial charge in [-0.1, -0.05) is 63.6 Å². The average molecular weight is 393 g/mol. The van der Waals surface area contributed by atoms with Crippen LogP contribution in [0.4, 0.5) is 0 Å². The average Bonchev–Trinajstić information content (AvgIpc) is 2.63. The predicted octanol–water partition coefficient (Wildman–Crippen LogP) is 5.72. The number of unbranched alkanes of at least 4 members (excludes halogenated alkanes) is 6. The number of hydrogen-bond acceptors (Lipinski definition) is 4. The maximum absolute atomic E-state index is 11.6. The molecule has 0 aliphatic carbocycles. The summed E-state index contributed by atoms with van der Waals surface area (Å²) in [7, 11) is -4.55. The van der Waals surface area contributed by atoms with Crippen LogP contribution in [0.3, 0.4) is 0 Å². The lowest BCUT2D eigenvalue weighted by Gasteiger charge is -2.13. The molecular weight excluding hydrogens is 364 g/mol. The molecule has 0 bridgehead atoms. The molecule has 0 unspecified atom stereocenters. The third kappa shape index (κ3) is 6.88. The van der Waals surface area contributed by atoms with Crippen molar-refractivity contribution < 1.29 is 22.8 Å². The van der Waals surface area contributed by atoms with Gasteiger partial charge in [-0.3, -0.25) is 4.55 Å². The minimum atomic E-state index is -4.55. The van der Waals surface area contributed by atoms with Crippen molar-refractivity contribution in [2.45, 2.75) is 63.2 Å². The van der Waals surface area contributed by atoms with Crippen LogP contribution >= 0.6 is 0 Å². The number of ether oxygens (including phenoxy) is 1. The first-order chi connectivity index (χ1) is 12.9. The quantitative estimate of drug-likeness (QED) is 0.377. The van der Waals surface area contributed by atoms with Crippen LogP contribution in [0.5, 0.6) is 17.2 Å². The highest BCUT2D eigenvalue weighted by Crippen LogP contribution is 2.37. The zero-order valence-electron chi connectivity index (χ0n) is 15.7. The first-order valence-electron chi connectivity index (χ1n) is 9.48. The summed E-state index contributed by atoms with van der Waals surface area (Å²) < 4.78 is 38.3. The molecule has 0 heterocycles. The molecule has 0 atom stereocenters. The van der Waals surface area contributed by atoms with Crippen LogP contribution in [0.15, 0.2) is 47.4 Å². The minimum Gasteiger partial charge on any atom is -0.503 e. The second kappa shape index (κ2) is 10.3. The minimum absolute atomic E-state index is 0.0225. The van der Waals surface area contributed by atoms with Gasteiger partial charge in [0.05, 0.1) is 0 Å². The largest absolute Gasteiger partial charge is 0.503 e. The van der Waals surface area contributed by atoms with Crippen LogP contribution < -0.4 is 4.74 Å². The number of aryl methyl sites for hydroxylation is 1. The van der Waals surface area contributed by atoms with Crippen molar-refractivity contribution in [2.24, 2.45) is 0 Å². The molecule has 0 aromatic heterocycles. The van der Waals surface area contributed by atoms with Crippen molar-refractivity contribution in [2.75, 3.05) is 0 Å². The van der Waals surface area contributed by atoms with Gasteiger partial charge < -0.3 is 9.84 Å². The first-order valence-corrected chi connectivity index (χ1v) is 10.9. The van der Waals surface area contributed by atoms with Crippen molar-refractivity contribution >= 4 is 10.1 Å². The Morgan fingerprint density at radius 3 is 2.19 bits per heavy atom. The highest BCUT2D eigenvalue weighted by Gasteiger charge is 2.21. The molecule has 5 nitrogen and oxygen atoms in total. The smallest absolute Gasteiger partial charge is 0.298 e. The molecule has 0 spiro atoms. The number of aromatic hydroxyl groups is 1. The van der Waals surface area contributed by atoms with Gasteiger partial charge in [-0.25, -0.2) is 0 Å². The predicted molar refractivity (Wildman–Crippen MR) is 106 cm³/mol. The van der Waals surface area contributed by atoms with Crippen molar-refractivity contribution in [3.05, 3.63) is 48.0 Å². The molecule has 2 rings (SSSR count). The second-order valence-electron chi connectivity index (χ2n) is 6.70. The van der Waals surface area contributed by atoms with Crippen molar-refractivity contribution in [1.29, 1.82) is 0 Å². The molecule has 0 saturated carbocycles. The summed E-state index contributed by atoms with van der Waals surface area (Å²) in [6.45, 7) is 2.19. The van der Waals surface area contributed by atoms with Gasteiger partial charge in [-0.15, -0.1) is 0 Å². The van der Waals surface area contributed by atoms with E-state index in [9.17, 15) is 18.1 Å². The number of benzene rings is 2. The Morgan fingerprint density at radius 1 is 0.926 bits per heavy atom. The Kier molecular flexibility index (Phi) is 8.13. The Hall–Kier alpha value is -2.05. The van der Waals surface area contributed by atoms with Crippen LogP contribution in [0.1, 0.15) is 57.4 Å². The fourth-order valence-corrected chi connectivity index (χ4v) is 3.60. The van der Waals surface area contributed by atoms with E-state index >= 15 is 0 Å². The molecule has 0 aliphatic heterocycles. The van der Waals surface area contributed by atoms with E-state index < -0.39 is 20.8 Å². The zero-order chi connectivity index (χ0) is 19.7. The SMILES string of the molecule is CCCCCCCCCc1cc(Oc2ccccc2)c(O)c(S(=O)(=O)O)c1. The van der Waals surface area contributed by atoms with Gasteiger partial charge in [0, 0.05) is 0 Å². The summed E-state index contributed by atoms with van der Waals surface area (Å²) in [5, 5.41) is 10.2. The monoisotopic (exact) mass is 392 g/mol. The van der Waals surface area contributed by atoms with Gasteiger partial charge in [0.1, 0.15) is 10.6 Å². The van der Waals surface area contributed by atoms with E-state index in [0.717, 1.165) is 19.3 Å². The lowest BCUT2D eigenvalue weighted by atomic mass is 10.0. The summed E-state index contributed by atoms with van der Waals surface area (Å²) in [5.74, 6) is -0.0823. The van der Waals surface area contributed by atoms with Gasteiger partial charge in [0.2, 0.25) is 0 Å². The van der Waals surface area contributed by atoms with Gasteiger partial charge in [0.15, 0.2) is 11.5 Å². The second-order valence-corrected chi connectivity index (χ2v) is 8.09. The molecule has 2 N–H and O–H groups in total. The van der Waals surface area contributed by atoms with Crippen LogP contribution in [0, 0.1) is 0 Å². The third-order valence-electron chi connectivity index (χ3n) is 4.42. The number of para-hydroxylation sites is 1. The number of rotatable bonds is 11. The van der Waals surface area contributed by atoms with Crippen molar-refractivity contribution in [1.82, 2.24) is 0 Å². The fraction of sp³-hybridized carbons (Fsp3) is 0.429.